The topological polar surface area (TPSA) is 38.3 Å². The molecule has 1 rings (SSSR count). The van der Waals surface area contributed by atoms with Crippen LogP contribution in [0.5, 0.6) is 5.75 Å². The van der Waals surface area contributed by atoms with Gasteiger partial charge in [0.2, 0.25) is 0 Å². The first-order chi connectivity index (χ1) is 7.99. The first-order valence-corrected chi connectivity index (χ1v) is 6.46. The summed E-state index contributed by atoms with van der Waals surface area (Å²) in [5, 5.41) is 2.89. The Hall–Kier alpha value is -1.03. The van der Waals surface area contributed by atoms with Crippen LogP contribution in [0.4, 0.5) is 0 Å². The Morgan fingerprint density at radius 3 is 2.41 bits per heavy atom. The molecule has 94 valence electrons. The molecule has 0 saturated heterocycles. The van der Waals surface area contributed by atoms with E-state index in [0.717, 1.165) is 4.47 Å². The van der Waals surface area contributed by atoms with Crippen molar-refractivity contribution in [2.45, 2.75) is 26.8 Å². The number of nitrogens with one attached hydrogen (secondary N) is 1. The number of hydrogen-bond donors (Lipinski definition) is 1. The van der Waals surface area contributed by atoms with Crippen LogP contribution >= 0.6 is 15.9 Å². The molecule has 3 nitrogen and oxygen atoms in total. The minimum atomic E-state index is -0.0888. The average Bonchev–Trinajstić information content (AvgIpc) is 2.28. The van der Waals surface area contributed by atoms with Crippen LogP contribution in [0.25, 0.3) is 0 Å². The summed E-state index contributed by atoms with van der Waals surface area (Å²) in [6.45, 7) is 6.18. The third-order valence-corrected chi connectivity index (χ3v) is 3.10. The first-order valence-electron chi connectivity index (χ1n) is 5.66. The SMILES string of the molecule is CC(C)[C@@H](C)NC(=O)COc1ccc(Br)cc1. The van der Waals surface area contributed by atoms with E-state index in [1.165, 1.54) is 0 Å². The maximum atomic E-state index is 11.6. The normalized spacial score (nSPS) is 12.3. The summed E-state index contributed by atoms with van der Waals surface area (Å²) in [5.41, 5.74) is 0. The molecule has 0 saturated carbocycles. The van der Waals surface area contributed by atoms with Gasteiger partial charge in [-0.1, -0.05) is 29.8 Å². The second-order valence-corrected chi connectivity index (χ2v) is 5.26. The highest BCUT2D eigenvalue weighted by Gasteiger charge is 2.10. The monoisotopic (exact) mass is 299 g/mol. The van der Waals surface area contributed by atoms with E-state index in [2.05, 4.69) is 35.1 Å². The van der Waals surface area contributed by atoms with Gasteiger partial charge in [-0.2, -0.15) is 0 Å². The third-order valence-electron chi connectivity index (χ3n) is 2.57. The molecule has 0 unspecified atom stereocenters. The lowest BCUT2D eigenvalue weighted by molar-refractivity contribution is -0.124. The highest BCUT2D eigenvalue weighted by Crippen LogP contribution is 2.15. The number of hydrogen-bond acceptors (Lipinski definition) is 2. The van der Waals surface area contributed by atoms with E-state index in [9.17, 15) is 4.79 Å². The molecule has 4 heteroatoms. The Morgan fingerprint density at radius 1 is 1.29 bits per heavy atom. The first kappa shape index (κ1) is 14.0. The number of carbonyl (C=O) groups excluding carboxylic acids is 1. The molecule has 0 fully saturated rings. The molecule has 17 heavy (non-hydrogen) atoms. The fourth-order valence-electron chi connectivity index (χ4n) is 1.14. The third kappa shape index (κ3) is 5.22. The second-order valence-electron chi connectivity index (χ2n) is 4.34. The van der Waals surface area contributed by atoms with Crippen molar-refractivity contribution in [1.82, 2.24) is 5.32 Å². The van der Waals surface area contributed by atoms with E-state index in [1.54, 1.807) is 0 Å². The van der Waals surface area contributed by atoms with Crippen molar-refractivity contribution in [3.63, 3.8) is 0 Å². The minimum Gasteiger partial charge on any atom is -0.484 e. The van der Waals surface area contributed by atoms with Crippen LogP contribution in [-0.4, -0.2) is 18.6 Å². The van der Waals surface area contributed by atoms with Crippen LogP contribution in [0.1, 0.15) is 20.8 Å². The van der Waals surface area contributed by atoms with Crippen molar-refractivity contribution >= 4 is 21.8 Å². The summed E-state index contributed by atoms with van der Waals surface area (Å²) >= 11 is 3.34. The molecule has 0 aliphatic carbocycles. The number of carbonyl (C=O) groups is 1. The molecular formula is C13H18BrNO2. The van der Waals surface area contributed by atoms with Crippen molar-refractivity contribution < 1.29 is 9.53 Å². The Bertz CT molecular complexity index is 362. The van der Waals surface area contributed by atoms with Gasteiger partial charge in [-0.15, -0.1) is 0 Å². The highest BCUT2D eigenvalue weighted by atomic mass is 79.9. The van der Waals surface area contributed by atoms with E-state index < -0.39 is 0 Å². The van der Waals surface area contributed by atoms with E-state index in [0.29, 0.717) is 11.7 Å². The largest absolute Gasteiger partial charge is 0.484 e. The van der Waals surface area contributed by atoms with Gasteiger partial charge in [0, 0.05) is 10.5 Å². The van der Waals surface area contributed by atoms with Crippen molar-refractivity contribution in [2.24, 2.45) is 5.92 Å². The molecule has 1 aromatic rings. The van der Waals surface area contributed by atoms with Gasteiger partial charge in [-0.05, 0) is 37.1 Å². The fourth-order valence-corrected chi connectivity index (χ4v) is 1.41. The smallest absolute Gasteiger partial charge is 0.258 e. The van der Waals surface area contributed by atoms with Crippen LogP contribution < -0.4 is 10.1 Å². The molecule has 0 radical (unpaired) electrons. The predicted molar refractivity (Wildman–Crippen MR) is 72.1 cm³/mol. The Balaban J connectivity index is 2.35. The van der Waals surface area contributed by atoms with E-state index >= 15 is 0 Å². The second kappa shape index (κ2) is 6.64. The lowest BCUT2D eigenvalue weighted by Crippen LogP contribution is -2.38. The van der Waals surface area contributed by atoms with Crippen LogP contribution in [0, 0.1) is 5.92 Å². The quantitative estimate of drug-likeness (QED) is 0.908. The molecule has 0 heterocycles. The molecule has 1 N–H and O–H groups in total. The van der Waals surface area contributed by atoms with Crippen molar-refractivity contribution in [3.8, 4) is 5.75 Å². The molecule has 0 spiro atoms. The van der Waals surface area contributed by atoms with Crippen LogP contribution in [-0.2, 0) is 4.79 Å². The summed E-state index contributed by atoms with van der Waals surface area (Å²) < 4.78 is 6.36. The fraction of sp³-hybridized carbons (Fsp3) is 0.462. The summed E-state index contributed by atoms with van der Waals surface area (Å²) in [6, 6.07) is 7.57. The van der Waals surface area contributed by atoms with Gasteiger partial charge in [0.05, 0.1) is 0 Å². The molecule has 1 aromatic carbocycles. The summed E-state index contributed by atoms with van der Waals surface area (Å²) in [6.07, 6.45) is 0. The molecule has 0 aliphatic heterocycles. The number of benzene rings is 1. The Morgan fingerprint density at radius 2 is 1.88 bits per heavy atom. The van der Waals surface area contributed by atoms with Gasteiger partial charge in [0.15, 0.2) is 6.61 Å². The lowest BCUT2D eigenvalue weighted by Gasteiger charge is -2.17. The molecule has 0 bridgehead atoms. The zero-order valence-corrected chi connectivity index (χ0v) is 12.0. The van der Waals surface area contributed by atoms with Crippen molar-refractivity contribution in [3.05, 3.63) is 28.7 Å². The van der Waals surface area contributed by atoms with Gasteiger partial charge in [0.1, 0.15) is 5.75 Å². The zero-order chi connectivity index (χ0) is 12.8. The Labute approximate surface area is 111 Å². The van der Waals surface area contributed by atoms with Crippen LogP contribution in [0.2, 0.25) is 0 Å². The lowest BCUT2D eigenvalue weighted by atomic mass is 10.1. The number of amides is 1. The van der Waals surface area contributed by atoms with Gasteiger partial charge in [-0.3, -0.25) is 4.79 Å². The van der Waals surface area contributed by atoms with Crippen molar-refractivity contribution in [2.75, 3.05) is 6.61 Å². The predicted octanol–water partition coefficient (Wildman–Crippen LogP) is 2.99. The van der Waals surface area contributed by atoms with Crippen LogP contribution in [0.15, 0.2) is 28.7 Å². The van der Waals surface area contributed by atoms with E-state index in [-0.39, 0.29) is 18.6 Å². The van der Waals surface area contributed by atoms with Gasteiger partial charge in [0.25, 0.3) is 5.91 Å². The number of ether oxygens (including phenoxy) is 1. The number of halogens is 1. The molecule has 1 amide bonds. The van der Waals surface area contributed by atoms with Crippen molar-refractivity contribution in [1.29, 1.82) is 0 Å². The molecule has 0 aromatic heterocycles. The Kier molecular flexibility index (Phi) is 5.48. The van der Waals surface area contributed by atoms with Gasteiger partial charge < -0.3 is 10.1 Å². The molecule has 0 aliphatic rings. The van der Waals surface area contributed by atoms with Gasteiger partial charge in [-0.25, -0.2) is 0 Å². The maximum absolute atomic E-state index is 11.6. The maximum Gasteiger partial charge on any atom is 0.258 e. The average molecular weight is 300 g/mol. The summed E-state index contributed by atoms with van der Waals surface area (Å²) in [7, 11) is 0. The molecular weight excluding hydrogens is 282 g/mol. The number of rotatable bonds is 5. The summed E-state index contributed by atoms with van der Waals surface area (Å²) in [5.74, 6) is 1.03. The van der Waals surface area contributed by atoms with Crippen LogP contribution in [0.3, 0.4) is 0 Å². The van der Waals surface area contributed by atoms with E-state index in [4.69, 9.17) is 4.74 Å². The molecule has 1 atom stereocenters. The minimum absolute atomic E-state index is 0.0543. The van der Waals surface area contributed by atoms with E-state index in [1.807, 2.05) is 31.2 Å². The summed E-state index contributed by atoms with van der Waals surface area (Å²) in [4.78, 5) is 11.6. The highest BCUT2D eigenvalue weighted by molar-refractivity contribution is 9.10. The van der Waals surface area contributed by atoms with Gasteiger partial charge >= 0.3 is 0 Å². The standard InChI is InChI=1S/C13H18BrNO2/c1-9(2)10(3)15-13(16)8-17-12-6-4-11(14)5-7-12/h4-7,9-10H,8H2,1-3H3,(H,15,16)/t10-/m1/s1. The zero-order valence-electron chi connectivity index (χ0n) is 10.4.